The molecule has 0 spiro atoms. The first-order chi connectivity index (χ1) is 14.0. The number of carbonyl (C=O) groups is 3. The van der Waals surface area contributed by atoms with Crippen molar-refractivity contribution in [2.24, 2.45) is 0 Å². The average molecular weight is 404 g/mol. The quantitative estimate of drug-likeness (QED) is 0.460. The van der Waals surface area contributed by atoms with Crippen molar-refractivity contribution in [3.63, 3.8) is 0 Å². The van der Waals surface area contributed by atoms with Gasteiger partial charge in [0.25, 0.3) is 0 Å². The lowest BCUT2D eigenvalue weighted by Crippen LogP contribution is -2.43. The summed E-state index contributed by atoms with van der Waals surface area (Å²) in [6, 6.07) is 7.46. The van der Waals surface area contributed by atoms with Crippen LogP contribution in [0.4, 0.5) is 5.69 Å². The molecule has 1 rings (SSSR count). The molecule has 0 aliphatic carbocycles. The summed E-state index contributed by atoms with van der Waals surface area (Å²) in [6.07, 6.45) is 7.73. The molecule has 0 atom stereocenters. The summed E-state index contributed by atoms with van der Waals surface area (Å²) < 4.78 is 0. The Morgan fingerprint density at radius 1 is 0.862 bits per heavy atom. The van der Waals surface area contributed by atoms with Gasteiger partial charge in [0.2, 0.25) is 17.7 Å². The maximum Gasteiger partial charge on any atom is 0.243 e. The van der Waals surface area contributed by atoms with Crippen molar-refractivity contribution in [2.45, 2.75) is 72.1 Å². The van der Waals surface area contributed by atoms with Crippen molar-refractivity contribution >= 4 is 23.4 Å². The fourth-order valence-corrected chi connectivity index (χ4v) is 2.93. The summed E-state index contributed by atoms with van der Waals surface area (Å²) in [6.45, 7) is 6.67. The van der Waals surface area contributed by atoms with Gasteiger partial charge in [-0.3, -0.25) is 14.4 Å². The SMILES string of the molecule is CCCCCCCC(=O)N(CCCC)CC(=O)NCC(=O)Nc1ccc(C)cc1. The van der Waals surface area contributed by atoms with Gasteiger partial charge in [0.1, 0.15) is 0 Å². The van der Waals surface area contributed by atoms with Crippen molar-refractivity contribution in [3.05, 3.63) is 29.8 Å². The number of nitrogens with zero attached hydrogens (tertiary/aromatic N) is 1. The molecule has 0 bridgehead atoms. The van der Waals surface area contributed by atoms with Gasteiger partial charge >= 0.3 is 0 Å². The minimum atomic E-state index is -0.306. The maximum atomic E-state index is 12.5. The van der Waals surface area contributed by atoms with Gasteiger partial charge in [-0.2, -0.15) is 0 Å². The van der Waals surface area contributed by atoms with E-state index in [2.05, 4.69) is 24.5 Å². The van der Waals surface area contributed by atoms with Crippen molar-refractivity contribution in [2.75, 3.05) is 25.0 Å². The number of carbonyl (C=O) groups excluding carboxylic acids is 3. The first-order valence-corrected chi connectivity index (χ1v) is 10.9. The van der Waals surface area contributed by atoms with Crippen LogP contribution < -0.4 is 10.6 Å². The molecule has 29 heavy (non-hydrogen) atoms. The Morgan fingerprint density at radius 2 is 1.52 bits per heavy atom. The number of rotatable bonds is 14. The Bertz CT molecular complexity index is 629. The predicted molar refractivity (Wildman–Crippen MR) is 118 cm³/mol. The van der Waals surface area contributed by atoms with Crippen LogP contribution in [-0.4, -0.2) is 42.3 Å². The van der Waals surface area contributed by atoms with E-state index in [0.717, 1.165) is 37.7 Å². The molecule has 0 unspecified atom stereocenters. The Hall–Kier alpha value is -2.37. The molecule has 162 valence electrons. The largest absolute Gasteiger partial charge is 0.345 e. The zero-order valence-electron chi connectivity index (χ0n) is 18.3. The van der Waals surface area contributed by atoms with Crippen LogP contribution in [0.1, 0.15) is 70.8 Å². The first-order valence-electron chi connectivity index (χ1n) is 10.9. The van der Waals surface area contributed by atoms with Crippen molar-refractivity contribution < 1.29 is 14.4 Å². The maximum absolute atomic E-state index is 12.5. The Morgan fingerprint density at radius 3 is 2.17 bits per heavy atom. The van der Waals surface area contributed by atoms with Gasteiger partial charge in [-0.1, -0.05) is 63.6 Å². The number of benzene rings is 1. The topological polar surface area (TPSA) is 78.5 Å². The van der Waals surface area contributed by atoms with E-state index >= 15 is 0 Å². The fraction of sp³-hybridized carbons (Fsp3) is 0.609. The molecule has 0 saturated carbocycles. The highest BCUT2D eigenvalue weighted by Gasteiger charge is 2.17. The third-order valence-electron chi connectivity index (χ3n) is 4.74. The highest BCUT2D eigenvalue weighted by Crippen LogP contribution is 2.09. The highest BCUT2D eigenvalue weighted by molar-refractivity contribution is 5.95. The molecule has 1 aromatic carbocycles. The summed E-state index contributed by atoms with van der Waals surface area (Å²) in [5.74, 6) is -0.571. The third-order valence-corrected chi connectivity index (χ3v) is 4.74. The van der Waals surface area contributed by atoms with E-state index in [9.17, 15) is 14.4 Å². The second kappa shape index (κ2) is 14.6. The molecule has 6 nitrogen and oxygen atoms in total. The monoisotopic (exact) mass is 403 g/mol. The van der Waals surface area contributed by atoms with Crippen LogP contribution in [0.5, 0.6) is 0 Å². The standard InChI is InChI=1S/C23H37N3O3/c1-4-6-8-9-10-11-23(29)26(16-7-5-2)18-22(28)24-17-21(27)25-20-14-12-19(3)13-15-20/h12-15H,4-11,16-18H2,1-3H3,(H,24,28)(H,25,27). The molecule has 0 aliphatic heterocycles. The molecule has 1 aromatic rings. The van der Waals surface area contributed by atoms with Gasteiger partial charge in [-0.05, 0) is 31.9 Å². The minimum absolute atomic E-state index is 0.00556. The van der Waals surface area contributed by atoms with E-state index < -0.39 is 0 Å². The molecule has 2 N–H and O–H groups in total. The van der Waals surface area contributed by atoms with Crippen molar-refractivity contribution in [1.82, 2.24) is 10.2 Å². The van der Waals surface area contributed by atoms with Crippen molar-refractivity contribution in [3.8, 4) is 0 Å². The molecule has 3 amide bonds. The lowest BCUT2D eigenvalue weighted by atomic mass is 10.1. The molecule has 0 radical (unpaired) electrons. The summed E-state index contributed by atoms with van der Waals surface area (Å²) in [5.41, 5.74) is 1.80. The van der Waals surface area contributed by atoms with Gasteiger partial charge in [0.15, 0.2) is 0 Å². The zero-order valence-corrected chi connectivity index (χ0v) is 18.3. The second-order valence-electron chi connectivity index (χ2n) is 7.52. The minimum Gasteiger partial charge on any atom is -0.345 e. The summed E-state index contributed by atoms with van der Waals surface area (Å²) in [5, 5.41) is 5.36. The molecule has 0 fully saturated rings. The number of hydrogen-bond acceptors (Lipinski definition) is 3. The van der Waals surface area contributed by atoms with Gasteiger partial charge in [0.05, 0.1) is 13.1 Å². The van der Waals surface area contributed by atoms with E-state index in [-0.39, 0.29) is 30.8 Å². The fourth-order valence-electron chi connectivity index (χ4n) is 2.93. The second-order valence-corrected chi connectivity index (χ2v) is 7.52. The number of hydrogen-bond donors (Lipinski definition) is 2. The number of aryl methyl sites for hydroxylation is 1. The van der Waals surface area contributed by atoms with Gasteiger partial charge in [0, 0.05) is 18.7 Å². The van der Waals surface area contributed by atoms with Crippen LogP contribution >= 0.6 is 0 Å². The van der Waals surface area contributed by atoms with E-state index in [4.69, 9.17) is 0 Å². The van der Waals surface area contributed by atoms with Crippen LogP contribution in [0.25, 0.3) is 0 Å². The Balaban J connectivity index is 2.40. The van der Waals surface area contributed by atoms with E-state index in [1.807, 2.05) is 31.2 Å². The summed E-state index contributed by atoms with van der Waals surface area (Å²) in [4.78, 5) is 38.4. The Labute approximate surface area is 175 Å². The van der Waals surface area contributed by atoms with Crippen LogP contribution in [0.15, 0.2) is 24.3 Å². The lowest BCUT2D eigenvalue weighted by Gasteiger charge is -2.22. The summed E-state index contributed by atoms with van der Waals surface area (Å²) >= 11 is 0. The van der Waals surface area contributed by atoms with Crippen LogP contribution in [0, 0.1) is 6.92 Å². The lowest BCUT2D eigenvalue weighted by molar-refractivity contribution is -0.136. The van der Waals surface area contributed by atoms with E-state index in [1.165, 1.54) is 12.8 Å². The van der Waals surface area contributed by atoms with Crippen LogP contribution in [0.2, 0.25) is 0 Å². The zero-order chi connectivity index (χ0) is 21.5. The number of amides is 3. The van der Waals surface area contributed by atoms with Crippen molar-refractivity contribution in [1.29, 1.82) is 0 Å². The smallest absolute Gasteiger partial charge is 0.243 e. The average Bonchev–Trinajstić information content (AvgIpc) is 2.71. The highest BCUT2D eigenvalue weighted by atomic mass is 16.2. The van der Waals surface area contributed by atoms with E-state index in [1.54, 1.807) is 4.90 Å². The van der Waals surface area contributed by atoms with Gasteiger partial charge < -0.3 is 15.5 Å². The Kier molecular flexibility index (Phi) is 12.4. The molecular weight excluding hydrogens is 366 g/mol. The number of unbranched alkanes of at least 4 members (excludes halogenated alkanes) is 5. The molecule has 0 heterocycles. The molecule has 0 aromatic heterocycles. The normalized spacial score (nSPS) is 10.4. The number of anilines is 1. The van der Waals surface area contributed by atoms with E-state index in [0.29, 0.717) is 18.7 Å². The molecular formula is C23H37N3O3. The van der Waals surface area contributed by atoms with Gasteiger partial charge in [-0.15, -0.1) is 0 Å². The first kappa shape index (κ1) is 24.7. The molecule has 0 aliphatic rings. The predicted octanol–water partition coefficient (Wildman–Crippen LogP) is 4.04. The van der Waals surface area contributed by atoms with Crippen LogP contribution in [0.3, 0.4) is 0 Å². The molecule has 6 heteroatoms. The number of nitrogens with one attached hydrogen (secondary N) is 2. The van der Waals surface area contributed by atoms with Gasteiger partial charge in [-0.25, -0.2) is 0 Å². The summed E-state index contributed by atoms with van der Waals surface area (Å²) in [7, 11) is 0. The third kappa shape index (κ3) is 11.3. The molecule has 0 saturated heterocycles. The van der Waals surface area contributed by atoms with Crippen LogP contribution in [-0.2, 0) is 14.4 Å².